The molecule has 0 unspecified atom stereocenters. The number of carbonyl (C=O) groups is 1. The fourth-order valence-corrected chi connectivity index (χ4v) is 2.07. The van der Waals surface area contributed by atoms with Gasteiger partial charge in [0.05, 0.1) is 12.1 Å². The average Bonchev–Trinajstić information content (AvgIpc) is 2.41. The van der Waals surface area contributed by atoms with Crippen molar-refractivity contribution in [2.24, 2.45) is 0 Å². The zero-order chi connectivity index (χ0) is 15.9. The van der Waals surface area contributed by atoms with Gasteiger partial charge >= 0.3 is 6.09 Å². The minimum atomic E-state index is -0.731. The third-order valence-electron chi connectivity index (χ3n) is 3.09. The predicted molar refractivity (Wildman–Crippen MR) is 84.1 cm³/mol. The summed E-state index contributed by atoms with van der Waals surface area (Å²) in [6.07, 6.45) is 1.44. The number of hydrogen-bond donors (Lipinski definition) is 2. The molecular weight excluding hydrogens is 266 g/mol. The first-order valence-electron chi connectivity index (χ1n) is 7.56. The number of nitrogens with one attached hydrogen (secondary N) is 1. The van der Waals surface area contributed by atoms with Crippen LogP contribution < -0.4 is 5.32 Å². The zero-order valence-electron chi connectivity index (χ0n) is 13.4. The summed E-state index contributed by atoms with van der Waals surface area (Å²) in [4.78, 5) is 11.9. The highest BCUT2D eigenvalue weighted by molar-refractivity contribution is 5.68. The first kappa shape index (κ1) is 17.5. The maximum Gasteiger partial charge on any atom is 0.407 e. The molecule has 0 saturated heterocycles. The van der Waals surface area contributed by atoms with Crippen molar-refractivity contribution in [2.45, 2.75) is 64.7 Å². The molecule has 0 saturated carbocycles. The Morgan fingerprint density at radius 1 is 1.29 bits per heavy atom. The van der Waals surface area contributed by atoms with Crippen LogP contribution in [0.2, 0.25) is 0 Å². The van der Waals surface area contributed by atoms with Gasteiger partial charge in [0.1, 0.15) is 5.60 Å². The van der Waals surface area contributed by atoms with Crippen molar-refractivity contribution >= 4 is 6.09 Å². The van der Waals surface area contributed by atoms with Crippen LogP contribution in [0.1, 0.15) is 58.6 Å². The molecule has 0 aromatic heterocycles. The second-order valence-corrected chi connectivity index (χ2v) is 6.25. The molecule has 0 aliphatic heterocycles. The van der Waals surface area contributed by atoms with E-state index in [1.165, 1.54) is 0 Å². The molecule has 2 atom stereocenters. The van der Waals surface area contributed by atoms with Gasteiger partial charge in [-0.25, -0.2) is 4.79 Å². The van der Waals surface area contributed by atoms with Gasteiger partial charge in [0.25, 0.3) is 0 Å². The molecule has 1 amide bonds. The van der Waals surface area contributed by atoms with Crippen molar-refractivity contribution < 1.29 is 14.6 Å². The summed E-state index contributed by atoms with van der Waals surface area (Å²) < 4.78 is 5.27. The van der Waals surface area contributed by atoms with Crippen LogP contribution in [0.3, 0.4) is 0 Å². The van der Waals surface area contributed by atoms with Crippen molar-refractivity contribution in [3.05, 3.63) is 35.9 Å². The molecule has 4 heteroatoms. The normalized spacial score (nSPS) is 14.3. The minimum Gasteiger partial charge on any atom is -0.444 e. The molecular formula is C17H27NO3. The fraction of sp³-hybridized carbons (Fsp3) is 0.588. The Labute approximate surface area is 127 Å². The lowest BCUT2D eigenvalue weighted by Crippen LogP contribution is -2.42. The fourth-order valence-electron chi connectivity index (χ4n) is 2.07. The Kier molecular flexibility index (Phi) is 6.69. The zero-order valence-corrected chi connectivity index (χ0v) is 13.4. The third-order valence-corrected chi connectivity index (χ3v) is 3.09. The Balaban J connectivity index is 2.73. The lowest BCUT2D eigenvalue weighted by molar-refractivity contribution is 0.0411. The van der Waals surface area contributed by atoms with E-state index in [9.17, 15) is 9.90 Å². The van der Waals surface area contributed by atoms with Gasteiger partial charge in [-0.15, -0.1) is 0 Å². The number of benzene rings is 1. The highest BCUT2D eigenvalue weighted by Crippen LogP contribution is 2.21. The predicted octanol–water partition coefficient (Wildman–Crippen LogP) is 3.80. The van der Waals surface area contributed by atoms with E-state index in [0.717, 1.165) is 18.4 Å². The summed E-state index contributed by atoms with van der Waals surface area (Å²) in [7, 11) is 0. The van der Waals surface area contributed by atoms with Crippen LogP contribution in [-0.4, -0.2) is 22.8 Å². The van der Waals surface area contributed by atoms with E-state index < -0.39 is 17.8 Å². The largest absolute Gasteiger partial charge is 0.444 e. The van der Waals surface area contributed by atoms with Crippen LogP contribution in [-0.2, 0) is 4.74 Å². The maximum atomic E-state index is 11.9. The van der Waals surface area contributed by atoms with Crippen LogP contribution in [0.5, 0.6) is 0 Å². The van der Waals surface area contributed by atoms with Gasteiger partial charge in [0, 0.05) is 0 Å². The Hall–Kier alpha value is -1.55. The van der Waals surface area contributed by atoms with E-state index in [1.54, 1.807) is 0 Å². The molecule has 0 fully saturated rings. The number of aliphatic hydroxyl groups is 1. The van der Waals surface area contributed by atoms with Crippen molar-refractivity contribution in [1.82, 2.24) is 5.32 Å². The SMILES string of the molecule is CCCC[C@@H](NC(=O)OC(C)(C)C)[C@H](O)c1ccccc1. The Morgan fingerprint density at radius 3 is 2.43 bits per heavy atom. The van der Waals surface area contributed by atoms with Crippen molar-refractivity contribution in [2.75, 3.05) is 0 Å². The summed E-state index contributed by atoms with van der Waals surface area (Å²) in [5.41, 5.74) is 0.256. The van der Waals surface area contributed by atoms with Gasteiger partial charge in [-0.1, -0.05) is 50.1 Å². The summed E-state index contributed by atoms with van der Waals surface area (Å²) in [5, 5.41) is 13.3. The Bertz CT molecular complexity index is 425. The van der Waals surface area contributed by atoms with E-state index in [4.69, 9.17) is 4.74 Å². The van der Waals surface area contributed by atoms with Crippen molar-refractivity contribution in [3.8, 4) is 0 Å². The molecule has 21 heavy (non-hydrogen) atoms. The summed E-state index contributed by atoms with van der Waals surface area (Å²) >= 11 is 0. The highest BCUT2D eigenvalue weighted by Gasteiger charge is 2.25. The lowest BCUT2D eigenvalue weighted by Gasteiger charge is -2.27. The molecule has 1 rings (SSSR count). The number of hydrogen-bond acceptors (Lipinski definition) is 3. The molecule has 0 radical (unpaired) electrons. The molecule has 0 aliphatic carbocycles. The molecule has 0 heterocycles. The van der Waals surface area contributed by atoms with E-state index in [2.05, 4.69) is 12.2 Å². The van der Waals surface area contributed by atoms with E-state index in [0.29, 0.717) is 6.42 Å². The topological polar surface area (TPSA) is 58.6 Å². The van der Waals surface area contributed by atoms with Gasteiger partial charge in [-0.05, 0) is 32.8 Å². The van der Waals surface area contributed by atoms with Crippen molar-refractivity contribution in [1.29, 1.82) is 0 Å². The highest BCUT2D eigenvalue weighted by atomic mass is 16.6. The third kappa shape index (κ3) is 6.63. The minimum absolute atomic E-state index is 0.345. The number of aliphatic hydroxyl groups excluding tert-OH is 1. The van der Waals surface area contributed by atoms with Crippen molar-refractivity contribution in [3.63, 3.8) is 0 Å². The number of carbonyl (C=O) groups excluding carboxylic acids is 1. The number of alkyl carbamates (subject to hydrolysis) is 1. The van der Waals surface area contributed by atoms with E-state index in [1.807, 2.05) is 51.1 Å². The average molecular weight is 293 g/mol. The second kappa shape index (κ2) is 8.03. The lowest BCUT2D eigenvalue weighted by atomic mass is 9.98. The standard InChI is InChI=1S/C17H27NO3/c1-5-6-12-14(18-16(20)21-17(2,3)4)15(19)13-10-8-7-9-11-13/h7-11,14-15,19H,5-6,12H2,1-4H3,(H,18,20)/t14-,15-/m1/s1. The molecule has 118 valence electrons. The Morgan fingerprint density at radius 2 is 1.90 bits per heavy atom. The second-order valence-electron chi connectivity index (χ2n) is 6.25. The molecule has 0 aliphatic rings. The van der Waals surface area contributed by atoms with E-state index >= 15 is 0 Å². The van der Waals surface area contributed by atoms with Crippen LogP contribution >= 0.6 is 0 Å². The maximum absolute atomic E-state index is 11.9. The molecule has 4 nitrogen and oxygen atoms in total. The monoisotopic (exact) mass is 293 g/mol. The van der Waals surface area contributed by atoms with Crippen LogP contribution in [0, 0.1) is 0 Å². The van der Waals surface area contributed by atoms with Crippen LogP contribution in [0.15, 0.2) is 30.3 Å². The van der Waals surface area contributed by atoms with Gasteiger partial charge in [0.15, 0.2) is 0 Å². The number of amides is 1. The molecule has 0 spiro atoms. The van der Waals surface area contributed by atoms with Gasteiger partial charge in [-0.2, -0.15) is 0 Å². The summed E-state index contributed by atoms with van der Waals surface area (Å²) in [5.74, 6) is 0. The van der Waals surface area contributed by atoms with Crippen LogP contribution in [0.4, 0.5) is 4.79 Å². The molecule has 1 aromatic carbocycles. The summed E-state index contributed by atoms with van der Waals surface area (Å²) in [6, 6.07) is 9.03. The quantitative estimate of drug-likeness (QED) is 0.838. The molecule has 0 bridgehead atoms. The number of ether oxygens (including phenoxy) is 1. The first-order valence-corrected chi connectivity index (χ1v) is 7.56. The number of rotatable bonds is 6. The number of unbranched alkanes of at least 4 members (excludes halogenated alkanes) is 1. The van der Waals surface area contributed by atoms with Gasteiger partial charge in [-0.3, -0.25) is 0 Å². The van der Waals surface area contributed by atoms with Crippen LogP contribution in [0.25, 0.3) is 0 Å². The summed E-state index contributed by atoms with van der Waals surface area (Å²) in [6.45, 7) is 7.54. The molecule has 2 N–H and O–H groups in total. The van der Waals surface area contributed by atoms with Gasteiger partial charge < -0.3 is 15.2 Å². The smallest absolute Gasteiger partial charge is 0.407 e. The van der Waals surface area contributed by atoms with E-state index in [-0.39, 0.29) is 6.04 Å². The first-order chi connectivity index (χ1) is 9.83. The van der Waals surface area contributed by atoms with Gasteiger partial charge in [0.2, 0.25) is 0 Å². The molecule has 1 aromatic rings.